The predicted octanol–water partition coefficient (Wildman–Crippen LogP) is 2.98. The Balaban J connectivity index is 2.13. The van der Waals surface area contributed by atoms with Crippen LogP contribution in [0.3, 0.4) is 0 Å². The first-order chi connectivity index (χ1) is 8.38. The standard InChI is InChI=1S/C14H13N3/c1-2-11-5-7-13(8-6-11)17-14-12(10-16-17)4-3-9-15-14/h3-10H,2H2,1H3. The van der Waals surface area contributed by atoms with Gasteiger partial charge < -0.3 is 0 Å². The third-order valence-electron chi connectivity index (χ3n) is 2.92. The lowest BCUT2D eigenvalue weighted by Gasteiger charge is -2.03. The number of aryl methyl sites for hydroxylation is 1. The fraction of sp³-hybridized carbons (Fsp3) is 0.143. The molecule has 3 rings (SSSR count). The summed E-state index contributed by atoms with van der Waals surface area (Å²) in [5.41, 5.74) is 3.28. The lowest BCUT2D eigenvalue weighted by atomic mass is 10.1. The van der Waals surface area contributed by atoms with Crippen molar-refractivity contribution in [3.63, 3.8) is 0 Å². The zero-order valence-corrected chi connectivity index (χ0v) is 9.67. The molecule has 3 heteroatoms. The minimum absolute atomic E-state index is 0.900. The SMILES string of the molecule is CCc1ccc(-n2ncc3cccnc32)cc1. The van der Waals surface area contributed by atoms with E-state index in [0.717, 1.165) is 23.1 Å². The van der Waals surface area contributed by atoms with Crippen LogP contribution in [0.15, 0.2) is 48.8 Å². The summed E-state index contributed by atoms with van der Waals surface area (Å²) in [5, 5.41) is 5.44. The lowest BCUT2D eigenvalue weighted by molar-refractivity contribution is 0.895. The Kier molecular flexibility index (Phi) is 2.37. The van der Waals surface area contributed by atoms with E-state index < -0.39 is 0 Å². The monoisotopic (exact) mass is 223 g/mol. The molecular formula is C14H13N3. The van der Waals surface area contributed by atoms with E-state index in [2.05, 4.69) is 41.3 Å². The Morgan fingerprint density at radius 2 is 1.94 bits per heavy atom. The Hall–Kier alpha value is -2.16. The smallest absolute Gasteiger partial charge is 0.162 e. The molecule has 0 atom stereocenters. The van der Waals surface area contributed by atoms with Crippen LogP contribution in [-0.4, -0.2) is 14.8 Å². The van der Waals surface area contributed by atoms with Gasteiger partial charge in [-0.1, -0.05) is 19.1 Å². The molecule has 0 amide bonds. The van der Waals surface area contributed by atoms with Crippen molar-refractivity contribution in [2.45, 2.75) is 13.3 Å². The van der Waals surface area contributed by atoms with Gasteiger partial charge in [-0.25, -0.2) is 9.67 Å². The maximum Gasteiger partial charge on any atom is 0.162 e. The Bertz CT molecular complexity index is 638. The third-order valence-corrected chi connectivity index (χ3v) is 2.92. The molecule has 2 aromatic heterocycles. The molecule has 84 valence electrons. The van der Waals surface area contributed by atoms with E-state index in [1.807, 2.05) is 23.0 Å². The van der Waals surface area contributed by atoms with Gasteiger partial charge in [-0.2, -0.15) is 5.10 Å². The first-order valence-electron chi connectivity index (χ1n) is 5.76. The topological polar surface area (TPSA) is 30.7 Å². The van der Waals surface area contributed by atoms with E-state index in [1.165, 1.54) is 5.56 Å². The van der Waals surface area contributed by atoms with Crippen molar-refractivity contribution >= 4 is 11.0 Å². The van der Waals surface area contributed by atoms with E-state index in [4.69, 9.17) is 0 Å². The molecule has 3 aromatic rings. The first-order valence-corrected chi connectivity index (χ1v) is 5.76. The van der Waals surface area contributed by atoms with Crippen molar-refractivity contribution in [1.82, 2.24) is 14.8 Å². The maximum atomic E-state index is 4.38. The van der Waals surface area contributed by atoms with Gasteiger partial charge in [-0.05, 0) is 36.2 Å². The maximum absolute atomic E-state index is 4.38. The zero-order chi connectivity index (χ0) is 11.7. The first kappa shape index (κ1) is 10.0. The summed E-state index contributed by atoms with van der Waals surface area (Å²) < 4.78 is 1.87. The quantitative estimate of drug-likeness (QED) is 0.668. The molecule has 17 heavy (non-hydrogen) atoms. The minimum atomic E-state index is 0.900. The van der Waals surface area contributed by atoms with Gasteiger partial charge in [0, 0.05) is 11.6 Å². The van der Waals surface area contributed by atoms with Crippen LogP contribution in [0.1, 0.15) is 12.5 Å². The largest absolute Gasteiger partial charge is 0.237 e. The fourth-order valence-electron chi connectivity index (χ4n) is 1.92. The molecule has 1 aromatic carbocycles. The molecule has 0 aliphatic carbocycles. The van der Waals surface area contributed by atoms with Crippen LogP contribution in [0, 0.1) is 0 Å². The molecule has 0 N–H and O–H groups in total. The van der Waals surface area contributed by atoms with Crippen molar-refractivity contribution in [2.75, 3.05) is 0 Å². The number of pyridine rings is 1. The lowest BCUT2D eigenvalue weighted by Crippen LogP contribution is -1.97. The summed E-state index contributed by atoms with van der Waals surface area (Å²) >= 11 is 0. The normalized spacial score (nSPS) is 10.9. The molecule has 0 aliphatic heterocycles. The molecule has 0 bridgehead atoms. The summed E-state index contributed by atoms with van der Waals surface area (Å²) in [6, 6.07) is 12.4. The van der Waals surface area contributed by atoms with Crippen LogP contribution in [0.5, 0.6) is 0 Å². The molecule has 0 saturated carbocycles. The van der Waals surface area contributed by atoms with Crippen molar-refractivity contribution in [1.29, 1.82) is 0 Å². The molecule has 0 fully saturated rings. The summed E-state index contributed by atoms with van der Waals surface area (Å²) in [5.74, 6) is 0. The minimum Gasteiger partial charge on any atom is -0.237 e. The van der Waals surface area contributed by atoms with Crippen molar-refractivity contribution < 1.29 is 0 Å². The van der Waals surface area contributed by atoms with Crippen LogP contribution in [0.25, 0.3) is 16.7 Å². The number of nitrogens with zero attached hydrogens (tertiary/aromatic N) is 3. The molecule has 0 unspecified atom stereocenters. The van der Waals surface area contributed by atoms with Gasteiger partial charge in [0.25, 0.3) is 0 Å². The van der Waals surface area contributed by atoms with E-state index in [9.17, 15) is 0 Å². The van der Waals surface area contributed by atoms with E-state index in [0.29, 0.717) is 0 Å². The van der Waals surface area contributed by atoms with Gasteiger partial charge in [-0.15, -0.1) is 0 Å². The predicted molar refractivity (Wildman–Crippen MR) is 68.2 cm³/mol. The van der Waals surface area contributed by atoms with Crippen LogP contribution in [0.2, 0.25) is 0 Å². The van der Waals surface area contributed by atoms with Crippen molar-refractivity contribution in [3.05, 3.63) is 54.4 Å². The van der Waals surface area contributed by atoms with Crippen molar-refractivity contribution in [2.24, 2.45) is 0 Å². The van der Waals surface area contributed by atoms with E-state index in [-0.39, 0.29) is 0 Å². The molecular weight excluding hydrogens is 210 g/mol. The number of rotatable bonds is 2. The van der Waals surface area contributed by atoms with Crippen LogP contribution >= 0.6 is 0 Å². The van der Waals surface area contributed by atoms with E-state index >= 15 is 0 Å². The van der Waals surface area contributed by atoms with Crippen LogP contribution in [-0.2, 0) is 6.42 Å². The zero-order valence-electron chi connectivity index (χ0n) is 9.67. The van der Waals surface area contributed by atoms with Crippen LogP contribution < -0.4 is 0 Å². The van der Waals surface area contributed by atoms with Gasteiger partial charge in [0.2, 0.25) is 0 Å². The molecule has 0 spiro atoms. The number of aromatic nitrogens is 3. The highest BCUT2D eigenvalue weighted by Gasteiger charge is 2.04. The fourth-order valence-corrected chi connectivity index (χ4v) is 1.92. The second-order valence-corrected chi connectivity index (χ2v) is 3.99. The van der Waals surface area contributed by atoms with Gasteiger partial charge >= 0.3 is 0 Å². The second kappa shape index (κ2) is 4.01. The number of hydrogen-bond donors (Lipinski definition) is 0. The molecule has 0 radical (unpaired) electrons. The van der Waals surface area contributed by atoms with E-state index in [1.54, 1.807) is 6.20 Å². The number of hydrogen-bond acceptors (Lipinski definition) is 2. The van der Waals surface area contributed by atoms with Gasteiger partial charge in [-0.3, -0.25) is 0 Å². The summed E-state index contributed by atoms with van der Waals surface area (Å²) in [6.07, 6.45) is 4.69. The molecule has 3 nitrogen and oxygen atoms in total. The third kappa shape index (κ3) is 1.69. The second-order valence-electron chi connectivity index (χ2n) is 3.99. The average molecular weight is 223 g/mol. The molecule has 2 heterocycles. The highest BCUT2D eigenvalue weighted by molar-refractivity contribution is 5.75. The van der Waals surface area contributed by atoms with Crippen LogP contribution in [0.4, 0.5) is 0 Å². The number of fused-ring (bicyclic) bond motifs is 1. The van der Waals surface area contributed by atoms with Crippen molar-refractivity contribution in [3.8, 4) is 5.69 Å². The summed E-state index contributed by atoms with van der Waals surface area (Å²) in [6.45, 7) is 2.15. The average Bonchev–Trinajstić information content (AvgIpc) is 2.83. The summed E-state index contributed by atoms with van der Waals surface area (Å²) in [7, 11) is 0. The highest BCUT2D eigenvalue weighted by atomic mass is 15.3. The highest BCUT2D eigenvalue weighted by Crippen LogP contribution is 2.16. The Morgan fingerprint density at radius 3 is 2.71 bits per heavy atom. The Labute approximate surface area is 99.7 Å². The van der Waals surface area contributed by atoms with Gasteiger partial charge in [0.1, 0.15) is 0 Å². The summed E-state index contributed by atoms with van der Waals surface area (Å²) in [4.78, 5) is 4.36. The van der Waals surface area contributed by atoms with Gasteiger partial charge in [0.05, 0.1) is 11.9 Å². The van der Waals surface area contributed by atoms with Gasteiger partial charge in [0.15, 0.2) is 5.65 Å². The number of benzene rings is 1. The molecule has 0 aliphatic rings. The Morgan fingerprint density at radius 1 is 1.12 bits per heavy atom. The molecule has 0 saturated heterocycles.